The molecule has 0 amide bonds. The molecule has 1 aromatic heterocycles. The molecule has 1 N–H and O–H groups in total. The Morgan fingerprint density at radius 3 is 2.76 bits per heavy atom. The summed E-state index contributed by atoms with van der Waals surface area (Å²) in [7, 11) is 0. The minimum Gasteiger partial charge on any atom is -0.303 e. The number of rotatable bonds is 2. The van der Waals surface area contributed by atoms with Crippen molar-refractivity contribution < 1.29 is 13.2 Å². The zero-order chi connectivity index (χ0) is 12.5. The number of alkyl halides is 3. The molecule has 1 aliphatic heterocycles. The van der Waals surface area contributed by atoms with Gasteiger partial charge in [0.15, 0.2) is 0 Å². The SMILES string of the molecule is Cc1cc(CN2CCNC2)cc(C(F)(F)F)n1. The lowest BCUT2D eigenvalue weighted by atomic mass is 10.2. The molecule has 1 aliphatic rings. The quantitative estimate of drug-likeness (QED) is 0.860. The minimum absolute atomic E-state index is 0.405. The number of hydrogen-bond donors (Lipinski definition) is 1. The smallest absolute Gasteiger partial charge is 0.303 e. The van der Waals surface area contributed by atoms with Gasteiger partial charge in [-0.15, -0.1) is 0 Å². The van der Waals surface area contributed by atoms with E-state index in [1.54, 1.807) is 13.0 Å². The number of hydrogen-bond acceptors (Lipinski definition) is 3. The maximum Gasteiger partial charge on any atom is 0.433 e. The van der Waals surface area contributed by atoms with Crippen molar-refractivity contribution in [3.63, 3.8) is 0 Å². The van der Waals surface area contributed by atoms with Gasteiger partial charge in [0.25, 0.3) is 0 Å². The monoisotopic (exact) mass is 245 g/mol. The Hall–Kier alpha value is -1.14. The Morgan fingerprint density at radius 2 is 2.18 bits per heavy atom. The molecule has 1 fully saturated rings. The minimum atomic E-state index is -4.37. The van der Waals surface area contributed by atoms with E-state index < -0.39 is 11.9 Å². The predicted molar refractivity (Wildman–Crippen MR) is 57.3 cm³/mol. The number of aryl methyl sites for hydroxylation is 1. The Balaban J connectivity index is 2.19. The molecule has 3 nitrogen and oxygen atoms in total. The summed E-state index contributed by atoms with van der Waals surface area (Å²) in [6, 6.07) is 2.83. The van der Waals surface area contributed by atoms with E-state index in [1.165, 1.54) is 0 Å². The van der Waals surface area contributed by atoms with Crippen molar-refractivity contribution in [2.24, 2.45) is 0 Å². The summed E-state index contributed by atoms with van der Waals surface area (Å²) in [5.41, 5.74) is 0.259. The zero-order valence-electron chi connectivity index (χ0n) is 9.51. The van der Waals surface area contributed by atoms with Crippen molar-refractivity contribution in [3.8, 4) is 0 Å². The summed E-state index contributed by atoms with van der Waals surface area (Å²) in [6.07, 6.45) is -4.37. The first-order chi connectivity index (χ1) is 7.95. The fourth-order valence-electron chi connectivity index (χ4n) is 1.92. The molecule has 1 aromatic rings. The van der Waals surface area contributed by atoms with E-state index in [9.17, 15) is 13.2 Å². The van der Waals surface area contributed by atoms with Crippen molar-refractivity contribution >= 4 is 0 Å². The second-order valence-corrected chi connectivity index (χ2v) is 4.21. The lowest BCUT2D eigenvalue weighted by Gasteiger charge is -2.15. The van der Waals surface area contributed by atoms with Crippen LogP contribution >= 0.6 is 0 Å². The molecule has 17 heavy (non-hydrogen) atoms. The van der Waals surface area contributed by atoms with Gasteiger partial charge in [-0.05, 0) is 24.6 Å². The lowest BCUT2D eigenvalue weighted by Crippen LogP contribution is -2.22. The Kier molecular flexibility index (Phi) is 3.35. The average Bonchev–Trinajstić information content (AvgIpc) is 2.68. The number of nitrogens with one attached hydrogen (secondary N) is 1. The fourth-order valence-corrected chi connectivity index (χ4v) is 1.92. The van der Waals surface area contributed by atoms with Gasteiger partial charge >= 0.3 is 6.18 Å². The van der Waals surface area contributed by atoms with Gasteiger partial charge in [0.1, 0.15) is 5.69 Å². The van der Waals surface area contributed by atoms with E-state index in [4.69, 9.17) is 0 Å². The van der Waals surface area contributed by atoms with Crippen LogP contribution in [0, 0.1) is 6.92 Å². The van der Waals surface area contributed by atoms with Gasteiger partial charge in [0, 0.05) is 32.0 Å². The molecule has 2 heterocycles. The molecule has 0 spiro atoms. The van der Waals surface area contributed by atoms with E-state index >= 15 is 0 Å². The summed E-state index contributed by atoms with van der Waals surface area (Å²) in [4.78, 5) is 5.58. The van der Waals surface area contributed by atoms with Gasteiger partial charge in [0.05, 0.1) is 0 Å². The van der Waals surface area contributed by atoms with E-state index in [2.05, 4.69) is 15.2 Å². The molecule has 94 valence electrons. The Labute approximate surface area is 97.6 Å². The maximum atomic E-state index is 12.6. The van der Waals surface area contributed by atoms with Gasteiger partial charge < -0.3 is 5.32 Å². The van der Waals surface area contributed by atoms with E-state index in [0.29, 0.717) is 17.8 Å². The van der Waals surface area contributed by atoms with Crippen LogP contribution in [0.25, 0.3) is 0 Å². The normalized spacial score (nSPS) is 17.6. The molecule has 2 rings (SSSR count). The predicted octanol–water partition coefficient (Wildman–Crippen LogP) is 1.77. The van der Waals surface area contributed by atoms with Crippen LogP contribution in [-0.4, -0.2) is 29.6 Å². The van der Waals surface area contributed by atoms with Crippen molar-refractivity contribution in [2.45, 2.75) is 19.6 Å². The molecule has 0 saturated carbocycles. The van der Waals surface area contributed by atoms with E-state index in [1.807, 2.05) is 0 Å². The van der Waals surface area contributed by atoms with Gasteiger partial charge in [-0.3, -0.25) is 4.90 Å². The van der Waals surface area contributed by atoms with Crippen molar-refractivity contribution in [3.05, 3.63) is 29.1 Å². The van der Waals surface area contributed by atoms with Crippen LogP contribution in [0.5, 0.6) is 0 Å². The standard InChI is InChI=1S/C11H14F3N3/c1-8-4-9(6-17-3-2-15-7-17)5-10(16-8)11(12,13)14/h4-5,15H,2-3,6-7H2,1H3. The lowest BCUT2D eigenvalue weighted by molar-refractivity contribution is -0.141. The first-order valence-corrected chi connectivity index (χ1v) is 5.43. The van der Waals surface area contributed by atoms with Crippen molar-refractivity contribution in [2.75, 3.05) is 19.8 Å². The number of nitrogens with zero attached hydrogens (tertiary/aromatic N) is 2. The third-order valence-corrected chi connectivity index (χ3v) is 2.65. The third kappa shape index (κ3) is 3.17. The maximum absolute atomic E-state index is 12.6. The van der Waals surface area contributed by atoms with Crippen LogP contribution < -0.4 is 5.32 Å². The molecule has 0 aromatic carbocycles. The zero-order valence-corrected chi connectivity index (χ0v) is 9.51. The molecular weight excluding hydrogens is 231 g/mol. The average molecular weight is 245 g/mol. The molecule has 1 saturated heterocycles. The van der Waals surface area contributed by atoms with Crippen LogP contribution in [0.3, 0.4) is 0 Å². The van der Waals surface area contributed by atoms with Crippen LogP contribution in [-0.2, 0) is 12.7 Å². The first kappa shape index (κ1) is 12.3. The van der Waals surface area contributed by atoms with E-state index in [0.717, 1.165) is 25.8 Å². The van der Waals surface area contributed by atoms with Gasteiger partial charge in [-0.25, -0.2) is 4.98 Å². The van der Waals surface area contributed by atoms with Crippen LogP contribution in [0.1, 0.15) is 17.0 Å². The molecule has 0 aliphatic carbocycles. The second kappa shape index (κ2) is 4.62. The molecular formula is C11H14F3N3. The van der Waals surface area contributed by atoms with Gasteiger partial charge in [-0.1, -0.05) is 0 Å². The Bertz CT molecular complexity index is 397. The third-order valence-electron chi connectivity index (χ3n) is 2.65. The molecule has 0 bridgehead atoms. The fraction of sp³-hybridized carbons (Fsp3) is 0.545. The topological polar surface area (TPSA) is 28.2 Å². The molecule has 6 heteroatoms. The molecule has 0 unspecified atom stereocenters. The molecule has 0 radical (unpaired) electrons. The number of aromatic nitrogens is 1. The van der Waals surface area contributed by atoms with Crippen molar-refractivity contribution in [1.29, 1.82) is 0 Å². The van der Waals surface area contributed by atoms with Crippen LogP contribution in [0.15, 0.2) is 12.1 Å². The highest BCUT2D eigenvalue weighted by Crippen LogP contribution is 2.28. The first-order valence-electron chi connectivity index (χ1n) is 5.43. The number of pyridine rings is 1. The van der Waals surface area contributed by atoms with Gasteiger partial charge in [-0.2, -0.15) is 13.2 Å². The number of halogens is 3. The van der Waals surface area contributed by atoms with E-state index in [-0.39, 0.29) is 0 Å². The second-order valence-electron chi connectivity index (χ2n) is 4.21. The Morgan fingerprint density at radius 1 is 1.41 bits per heavy atom. The molecule has 0 atom stereocenters. The summed E-state index contributed by atoms with van der Waals surface area (Å²) in [5, 5.41) is 3.14. The highest BCUT2D eigenvalue weighted by molar-refractivity contribution is 5.22. The van der Waals surface area contributed by atoms with Crippen LogP contribution in [0.4, 0.5) is 13.2 Å². The van der Waals surface area contributed by atoms with Gasteiger partial charge in [0.2, 0.25) is 0 Å². The largest absolute Gasteiger partial charge is 0.433 e. The van der Waals surface area contributed by atoms with Crippen molar-refractivity contribution in [1.82, 2.24) is 15.2 Å². The highest BCUT2D eigenvalue weighted by Gasteiger charge is 2.33. The highest BCUT2D eigenvalue weighted by atomic mass is 19.4. The summed E-state index contributed by atoms with van der Waals surface area (Å²) in [6.45, 7) is 4.59. The summed E-state index contributed by atoms with van der Waals surface area (Å²) < 4.78 is 37.7. The van der Waals surface area contributed by atoms with Crippen LogP contribution in [0.2, 0.25) is 0 Å². The summed E-state index contributed by atoms with van der Waals surface area (Å²) in [5.74, 6) is 0. The summed E-state index contributed by atoms with van der Waals surface area (Å²) >= 11 is 0.